The van der Waals surface area contributed by atoms with Gasteiger partial charge >= 0.3 is 0 Å². The van der Waals surface area contributed by atoms with Gasteiger partial charge in [0.05, 0.1) is 0 Å². The molecule has 0 aliphatic carbocycles. The third kappa shape index (κ3) is 3.49. The van der Waals surface area contributed by atoms with Gasteiger partial charge in [-0.05, 0) is 18.3 Å². The Morgan fingerprint density at radius 2 is 2.20 bits per heavy atom. The zero-order chi connectivity index (χ0) is 11.4. The Morgan fingerprint density at radius 1 is 1.53 bits per heavy atom. The third-order valence-corrected chi connectivity index (χ3v) is 3.28. The number of amides is 1. The molecule has 1 heterocycles. The molecule has 1 fully saturated rings. The molecule has 0 saturated carbocycles. The molecule has 3 nitrogen and oxygen atoms in total. The number of rotatable bonds is 5. The van der Waals surface area contributed by atoms with E-state index in [1.165, 1.54) is 12.8 Å². The van der Waals surface area contributed by atoms with Gasteiger partial charge in [-0.1, -0.05) is 27.2 Å². The van der Waals surface area contributed by atoms with Gasteiger partial charge in [-0.2, -0.15) is 0 Å². The lowest BCUT2D eigenvalue weighted by molar-refractivity contribution is -0.128. The number of carbonyl (C=O) groups is 1. The molecular weight excluding hydrogens is 188 g/mol. The van der Waals surface area contributed by atoms with Crippen LogP contribution in [0.2, 0.25) is 0 Å². The van der Waals surface area contributed by atoms with E-state index in [1.54, 1.807) is 0 Å². The highest BCUT2D eigenvalue weighted by Gasteiger charge is 2.29. The van der Waals surface area contributed by atoms with E-state index in [9.17, 15) is 4.79 Å². The third-order valence-electron chi connectivity index (χ3n) is 3.28. The molecule has 1 amide bonds. The van der Waals surface area contributed by atoms with Crippen LogP contribution in [0, 0.1) is 11.8 Å². The van der Waals surface area contributed by atoms with Gasteiger partial charge in [0.15, 0.2) is 0 Å². The van der Waals surface area contributed by atoms with Crippen molar-refractivity contribution in [2.75, 3.05) is 13.1 Å². The Hall–Kier alpha value is -0.570. The summed E-state index contributed by atoms with van der Waals surface area (Å²) in [4.78, 5) is 13.6. The van der Waals surface area contributed by atoms with Crippen LogP contribution in [0.4, 0.5) is 0 Å². The maximum atomic E-state index is 11.7. The second-order valence-electron chi connectivity index (χ2n) is 5.07. The van der Waals surface area contributed by atoms with Crippen LogP contribution in [0.5, 0.6) is 0 Å². The molecule has 3 heteroatoms. The predicted octanol–water partition coefficient (Wildman–Crippen LogP) is 1.62. The first-order valence-electron chi connectivity index (χ1n) is 6.08. The molecule has 2 N–H and O–H groups in total. The van der Waals surface area contributed by atoms with Crippen molar-refractivity contribution in [3.63, 3.8) is 0 Å². The Bertz CT molecular complexity index is 216. The minimum atomic E-state index is 0.120. The fraction of sp³-hybridized carbons (Fsp3) is 0.917. The minimum absolute atomic E-state index is 0.120. The topological polar surface area (TPSA) is 46.3 Å². The van der Waals surface area contributed by atoms with Gasteiger partial charge in [-0.15, -0.1) is 0 Å². The average molecular weight is 212 g/mol. The smallest absolute Gasteiger partial charge is 0.222 e. The van der Waals surface area contributed by atoms with E-state index >= 15 is 0 Å². The summed E-state index contributed by atoms with van der Waals surface area (Å²) in [5.41, 5.74) is 5.98. The van der Waals surface area contributed by atoms with E-state index < -0.39 is 0 Å². The van der Waals surface area contributed by atoms with Gasteiger partial charge in [0.25, 0.3) is 0 Å². The van der Waals surface area contributed by atoms with Crippen molar-refractivity contribution in [2.24, 2.45) is 17.6 Å². The normalized spacial score (nSPS) is 23.9. The van der Waals surface area contributed by atoms with E-state index in [-0.39, 0.29) is 6.04 Å². The van der Waals surface area contributed by atoms with Crippen molar-refractivity contribution in [3.8, 4) is 0 Å². The molecule has 0 aromatic rings. The second-order valence-corrected chi connectivity index (χ2v) is 5.07. The number of likely N-dealkylation sites (tertiary alicyclic amines) is 1. The summed E-state index contributed by atoms with van der Waals surface area (Å²) in [6.07, 6.45) is 3.07. The molecule has 0 aromatic carbocycles. The maximum absolute atomic E-state index is 11.7. The predicted molar refractivity (Wildman–Crippen MR) is 62.4 cm³/mol. The molecule has 1 aliphatic heterocycles. The zero-order valence-corrected chi connectivity index (χ0v) is 10.2. The van der Waals surface area contributed by atoms with E-state index in [4.69, 9.17) is 5.73 Å². The molecule has 88 valence electrons. The van der Waals surface area contributed by atoms with Crippen LogP contribution in [-0.2, 0) is 4.79 Å². The number of nitrogens with zero attached hydrogens (tertiary/aromatic N) is 1. The van der Waals surface area contributed by atoms with Gasteiger partial charge in [0, 0.05) is 25.6 Å². The lowest BCUT2D eigenvalue weighted by Crippen LogP contribution is -2.41. The monoisotopic (exact) mass is 212 g/mol. The summed E-state index contributed by atoms with van der Waals surface area (Å²) in [6.45, 7) is 8.04. The Balaban J connectivity index is 2.40. The van der Waals surface area contributed by atoms with E-state index in [2.05, 4.69) is 20.8 Å². The van der Waals surface area contributed by atoms with Crippen molar-refractivity contribution in [1.82, 2.24) is 4.90 Å². The maximum Gasteiger partial charge on any atom is 0.222 e. The highest BCUT2D eigenvalue weighted by Crippen LogP contribution is 2.22. The first kappa shape index (κ1) is 12.5. The summed E-state index contributed by atoms with van der Waals surface area (Å²) in [5, 5.41) is 0. The lowest BCUT2D eigenvalue weighted by Gasteiger charge is -2.23. The second kappa shape index (κ2) is 5.50. The standard InChI is InChI=1S/C12H24N2O/c1-4-5-10-6-12(15)14(7-10)8-11(13)9(2)3/h9-11H,4-8,13H2,1-3H3. The van der Waals surface area contributed by atoms with E-state index in [0.717, 1.165) is 19.5 Å². The molecule has 1 aliphatic rings. The summed E-state index contributed by atoms with van der Waals surface area (Å²) in [7, 11) is 0. The summed E-state index contributed by atoms with van der Waals surface area (Å²) in [5.74, 6) is 1.31. The fourth-order valence-corrected chi connectivity index (χ4v) is 2.10. The van der Waals surface area contributed by atoms with Gasteiger partial charge in [-0.3, -0.25) is 4.79 Å². The summed E-state index contributed by atoms with van der Waals surface area (Å²) >= 11 is 0. The lowest BCUT2D eigenvalue weighted by atomic mass is 10.0. The Labute approximate surface area is 93.0 Å². The van der Waals surface area contributed by atoms with Crippen LogP contribution in [0.3, 0.4) is 0 Å². The molecule has 0 bridgehead atoms. The van der Waals surface area contributed by atoms with Crippen molar-refractivity contribution in [3.05, 3.63) is 0 Å². The molecule has 15 heavy (non-hydrogen) atoms. The molecule has 0 radical (unpaired) electrons. The van der Waals surface area contributed by atoms with Crippen molar-refractivity contribution in [2.45, 2.75) is 46.1 Å². The zero-order valence-electron chi connectivity index (χ0n) is 10.2. The van der Waals surface area contributed by atoms with E-state index in [0.29, 0.717) is 17.7 Å². The average Bonchev–Trinajstić information content (AvgIpc) is 2.47. The van der Waals surface area contributed by atoms with Crippen molar-refractivity contribution in [1.29, 1.82) is 0 Å². The van der Waals surface area contributed by atoms with Crippen molar-refractivity contribution >= 4 is 5.91 Å². The van der Waals surface area contributed by atoms with Gasteiger partial charge in [-0.25, -0.2) is 0 Å². The van der Waals surface area contributed by atoms with Gasteiger partial charge in [0.2, 0.25) is 5.91 Å². The van der Waals surface area contributed by atoms with Gasteiger partial charge < -0.3 is 10.6 Å². The highest BCUT2D eigenvalue weighted by molar-refractivity contribution is 5.78. The van der Waals surface area contributed by atoms with Crippen LogP contribution < -0.4 is 5.73 Å². The largest absolute Gasteiger partial charge is 0.341 e. The Kier molecular flexibility index (Phi) is 4.58. The van der Waals surface area contributed by atoms with Crippen LogP contribution >= 0.6 is 0 Å². The number of hydrogen-bond donors (Lipinski definition) is 1. The first-order valence-corrected chi connectivity index (χ1v) is 6.08. The molecule has 1 saturated heterocycles. The summed E-state index contributed by atoms with van der Waals surface area (Å²) < 4.78 is 0. The molecule has 2 unspecified atom stereocenters. The van der Waals surface area contributed by atoms with Gasteiger partial charge in [0.1, 0.15) is 0 Å². The first-order chi connectivity index (χ1) is 7.04. The fourth-order valence-electron chi connectivity index (χ4n) is 2.10. The number of nitrogens with two attached hydrogens (primary N) is 1. The molecule has 1 rings (SSSR count). The molecular formula is C12H24N2O. The molecule has 0 spiro atoms. The molecule has 0 aromatic heterocycles. The quantitative estimate of drug-likeness (QED) is 0.752. The Morgan fingerprint density at radius 3 is 2.73 bits per heavy atom. The SMILES string of the molecule is CCCC1CC(=O)N(CC(N)C(C)C)C1. The molecule has 2 atom stereocenters. The number of hydrogen-bond acceptors (Lipinski definition) is 2. The summed E-state index contributed by atoms with van der Waals surface area (Å²) in [6, 6.07) is 0.120. The van der Waals surface area contributed by atoms with Crippen LogP contribution in [0.1, 0.15) is 40.0 Å². The van der Waals surface area contributed by atoms with Crippen LogP contribution in [0.25, 0.3) is 0 Å². The van der Waals surface area contributed by atoms with Crippen molar-refractivity contribution < 1.29 is 4.79 Å². The van der Waals surface area contributed by atoms with Crippen LogP contribution in [-0.4, -0.2) is 29.9 Å². The highest BCUT2D eigenvalue weighted by atomic mass is 16.2. The minimum Gasteiger partial charge on any atom is -0.341 e. The van der Waals surface area contributed by atoms with Crippen LogP contribution in [0.15, 0.2) is 0 Å². The van der Waals surface area contributed by atoms with E-state index in [1.807, 2.05) is 4.90 Å². The number of carbonyl (C=O) groups excluding carboxylic acids is 1.